The van der Waals surface area contributed by atoms with Crippen LogP contribution in [0.25, 0.3) is 0 Å². The normalized spacial score (nSPS) is 16.6. The van der Waals surface area contributed by atoms with Gasteiger partial charge in [0.15, 0.2) is 0 Å². The van der Waals surface area contributed by atoms with E-state index in [1.165, 1.54) is 6.42 Å². The van der Waals surface area contributed by atoms with Gasteiger partial charge < -0.3 is 16.4 Å². The largest absolute Gasteiger partial charge is 0.352 e. The summed E-state index contributed by atoms with van der Waals surface area (Å²) in [5.41, 5.74) is 7.21. The van der Waals surface area contributed by atoms with Crippen molar-refractivity contribution in [1.82, 2.24) is 5.32 Å². The van der Waals surface area contributed by atoms with Gasteiger partial charge in [0.05, 0.1) is 0 Å². The molecule has 0 aliphatic heterocycles. The third-order valence-electron chi connectivity index (χ3n) is 4.65. The Bertz CT molecular complexity index is 534. The van der Waals surface area contributed by atoms with E-state index in [-0.39, 0.29) is 17.2 Å². The molecule has 0 unspecified atom stereocenters. The van der Waals surface area contributed by atoms with Gasteiger partial charge >= 0.3 is 0 Å². The van der Waals surface area contributed by atoms with Crippen LogP contribution >= 0.6 is 0 Å². The average Bonchev–Trinajstić information content (AvgIpc) is 2.56. The van der Waals surface area contributed by atoms with Crippen molar-refractivity contribution < 1.29 is 9.59 Å². The van der Waals surface area contributed by atoms with Gasteiger partial charge in [-0.05, 0) is 56.0 Å². The number of anilines is 1. The zero-order chi connectivity index (χ0) is 16.7. The average molecular weight is 317 g/mol. The van der Waals surface area contributed by atoms with Gasteiger partial charge in [0, 0.05) is 24.2 Å². The SMILES string of the molecule is CCNC(=O)c1ccc(NC(=O)CC2(CN)CCCCC2)cc1. The van der Waals surface area contributed by atoms with Crippen LogP contribution in [0.2, 0.25) is 0 Å². The van der Waals surface area contributed by atoms with E-state index >= 15 is 0 Å². The van der Waals surface area contributed by atoms with E-state index in [1.807, 2.05) is 6.92 Å². The van der Waals surface area contributed by atoms with Gasteiger partial charge in [-0.15, -0.1) is 0 Å². The predicted octanol–water partition coefficient (Wildman–Crippen LogP) is 2.67. The van der Waals surface area contributed by atoms with Crippen molar-refractivity contribution in [3.05, 3.63) is 29.8 Å². The molecule has 0 saturated heterocycles. The zero-order valence-electron chi connectivity index (χ0n) is 13.9. The molecule has 1 saturated carbocycles. The number of rotatable bonds is 6. The summed E-state index contributed by atoms with van der Waals surface area (Å²) >= 11 is 0. The Balaban J connectivity index is 1.93. The van der Waals surface area contributed by atoms with Crippen LogP contribution in [-0.2, 0) is 4.79 Å². The third-order valence-corrected chi connectivity index (χ3v) is 4.65. The summed E-state index contributed by atoms with van der Waals surface area (Å²) in [5, 5.41) is 5.67. The molecule has 4 N–H and O–H groups in total. The van der Waals surface area contributed by atoms with Crippen molar-refractivity contribution in [3.63, 3.8) is 0 Å². The first-order valence-electron chi connectivity index (χ1n) is 8.47. The highest BCUT2D eigenvalue weighted by atomic mass is 16.2. The van der Waals surface area contributed by atoms with Crippen molar-refractivity contribution >= 4 is 17.5 Å². The van der Waals surface area contributed by atoms with E-state index in [4.69, 9.17) is 5.73 Å². The Morgan fingerprint density at radius 2 is 1.78 bits per heavy atom. The lowest BCUT2D eigenvalue weighted by atomic mass is 9.71. The fourth-order valence-electron chi connectivity index (χ4n) is 3.27. The maximum atomic E-state index is 12.3. The second kappa shape index (κ2) is 8.11. The predicted molar refractivity (Wildman–Crippen MR) is 92.3 cm³/mol. The Morgan fingerprint density at radius 3 is 2.35 bits per heavy atom. The fraction of sp³-hybridized carbons (Fsp3) is 0.556. The highest BCUT2D eigenvalue weighted by Crippen LogP contribution is 2.38. The number of hydrogen-bond acceptors (Lipinski definition) is 3. The summed E-state index contributed by atoms with van der Waals surface area (Å²) in [4.78, 5) is 24.0. The molecule has 0 aromatic heterocycles. The molecule has 0 atom stereocenters. The molecule has 1 aliphatic rings. The molecule has 1 aliphatic carbocycles. The number of nitrogens with one attached hydrogen (secondary N) is 2. The molecule has 23 heavy (non-hydrogen) atoms. The minimum absolute atomic E-state index is 0.00288. The molecule has 0 heterocycles. The first-order chi connectivity index (χ1) is 11.1. The number of carbonyl (C=O) groups is 2. The summed E-state index contributed by atoms with van der Waals surface area (Å²) in [6, 6.07) is 6.97. The zero-order valence-corrected chi connectivity index (χ0v) is 13.9. The number of hydrogen-bond donors (Lipinski definition) is 3. The molecule has 1 fully saturated rings. The number of nitrogens with two attached hydrogens (primary N) is 1. The minimum Gasteiger partial charge on any atom is -0.352 e. The van der Waals surface area contributed by atoms with Crippen LogP contribution in [0.15, 0.2) is 24.3 Å². The first-order valence-corrected chi connectivity index (χ1v) is 8.47. The summed E-state index contributed by atoms with van der Waals surface area (Å²) in [7, 11) is 0. The van der Waals surface area contributed by atoms with Gasteiger partial charge in [-0.2, -0.15) is 0 Å². The lowest BCUT2D eigenvalue weighted by Crippen LogP contribution is -2.36. The number of carbonyl (C=O) groups excluding carboxylic acids is 2. The van der Waals surface area contributed by atoms with Gasteiger partial charge in [-0.25, -0.2) is 0 Å². The monoisotopic (exact) mass is 317 g/mol. The van der Waals surface area contributed by atoms with Crippen LogP contribution in [-0.4, -0.2) is 24.9 Å². The fourth-order valence-corrected chi connectivity index (χ4v) is 3.27. The van der Waals surface area contributed by atoms with Crippen LogP contribution in [0.4, 0.5) is 5.69 Å². The molecule has 2 rings (SSSR count). The van der Waals surface area contributed by atoms with Crippen LogP contribution < -0.4 is 16.4 Å². The first kappa shape index (κ1) is 17.5. The van der Waals surface area contributed by atoms with Gasteiger partial charge in [0.1, 0.15) is 0 Å². The van der Waals surface area contributed by atoms with E-state index in [1.54, 1.807) is 24.3 Å². The van der Waals surface area contributed by atoms with Crippen LogP contribution in [0, 0.1) is 5.41 Å². The Hall–Kier alpha value is -1.88. The van der Waals surface area contributed by atoms with Crippen LogP contribution in [0.1, 0.15) is 55.8 Å². The standard InChI is InChI=1S/C18H27N3O2/c1-2-20-17(23)14-6-8-15(9-7-14)21-16(22)12-18(13-19)10-4-3-5-11-18/h6-9H,2-5,10-13,19H2,1H3,(H,20,23)(H,21,22). The number of amides is 2. The molecule has 1 aromatic carbocycles. The summed E-state index contributed by atoms with van der Waals surface area (Å²) in [5.74, 6) is -0.0993. The van der Waals surface area contributed by atoms with Gasteiger partial charge in [-0.3, -0.25) is 9.59 Å². The van der Waals surface area contributed by atoms with Crippen molar-refractivity contribution in [2.24, 2.45) is 11.1 Å². The molecule has 2 amide bonds. The van der Waals surface area contributed by atoms with Crippen LogP contribution in [0.5, 0.6) is 0 Å². The lowest BCUT2D eigenvalue weighted by molar-refractivity contribution is -0.118. The molecule has 1 aromatic rings. The Morgan fingerprint density at radius 1 is 1.13 bits per heavy atom. The third kappa shape index (κ3) is 4.79. The quantitative estimate of drug-likeness (QED) is 0.754. The second-order valence-corrected chi connectivity index (χ2v) is 6.43. The smallest absolute Gasteiger partial charge is 0.251 e. The van der Waals surface area contributed by atoms with E-state index in [0.29, 0.717) is 30.8 Å². The Kier molecular flexibility index (Phi) is 6.16. The van der Waals surface area contributed by atoms with E-state index < -0.39 is 0 Å². The highest BCUT2D eigenvalue weighted by molar-refractivity contribution is 5.95. The molecule has 0 bridgehead atoms. The van der Waals surface area contributed by atoms with Crippen molar-refractivity contribution in [1.29, 1.82) is 0 Å². The lowest BCUT2D eigenvalue weighted by Gasteiger charge is -2.35. The molecule has 5 nitrogen and oxygen atoms in total. The molecular weight excluding hydrogens is 290 g/mol. The van der Waals surface area contributed by atoms with E-state index in [0.717, 1.165) is 25.7 Å². The molecule has 0 spiro atoms. The van der Waals surface area contributed by atoms with Crippen molar-refractivity contribution in [2.45, 2.75) is 45.4 Å². The maximum absolute atomic E-state index is 12.3. The molecule has 126 valence electrons. The van der Waals surface area contributed by atoms with Gasteiger partial charge in [0.25, 0.3) is 5.91 Å². The summed E-state index contributed by atoms with van der Waals surface area (Å²) in [6.45, 7) is 3.04. The highest BCUT2D eigenvalue weighted by Gasteiger charge is 2.32. The van der Waals surface area contributed by atoms with Gasteiger partial charge in [-0.1, -0.05) is 19.3 Å². The molecule has 0 radical (unpaired) electrons. The Labute approximate surface area is 138 Å². The second-order valence-electron chi connectivity index (χ2n) is 6.43. The van der Waals surface area contributed by atoms with Crippen molar-refractivity contribution in [3.8, 4) is 0 Å². The summed E-state index contributed by atoms with van der Waals surface area (Å²) < 4.78 is 0. The number of benzene rings is 1. The summed E-state index contributed by atoms with van der Waals surface area (Å²) in [6.07, 6.45) is 6.10. The maximum Gasteiger partial charge on any atom is 0.251 e. The van der Waals surface area contributed by atoms with Crippen LogP contribution in [0.3, 0.4) is 0 Å². The topological polar surface area (TPSA) is 84.2 Å². The van der Waals surface area contributed by atoms with Gasteiger partial charge in [0.2, 0.25) is 5.91 Å². The van der Waals surface area contributed by atoms with Crippen molar-refractivity contribution in [2.75, 3.05) is 18.4 Å². The van der Waals surface area contributed by atoms with E-state index in [2.05, 4.69) is 10.6 Å². The molecule has 5 heteroatoms. The molecular formula is C18H27N3O2. The minimum atomic E-state index is -0.102. The van der Waals surface area contributed by atoms with E-state index in [9.17, 15) is 9.59 Å².